The van der Waals surface area contributed by atoms with Crippen LogP contribution < -0.4 is 10.1 Å². The quantitative estimate of drug-likeness (QED) is 0.902. The molecule has 3 heteroatoms. The molecule has 1 N–H and O–H groups in total. The maximum atomic E-state index is 6.12. The summed E-state index contributed by atoms with van der Waals surface area (Å²) >= 11 is 1.73. The zero-order chi connectivity index (χ0) is 12.4. The van der Waals surface area contributed by atoms with E-state index in [0.29, 0.717) is 6.04 Å². The van der Waals surface area contributed by atoms with Crippen LogP contribution in [0.4, 0.5) is 0 Å². The third-order valence-electron chi connectivity index (χ3n) is 3.38. The summed E-state index contributed by atoms with van der Waals surface area (Å²) in [6.45, 7) is 3.13. The number of para-hydroxylation sites is 1. The second-order valence-electron chi connectivity index (χ2n) is 4.55. The molecule has 2 atom stereocenters. The van der Waals surface area contributed by atoms with Gasteiger partial charge in [0, 0.05) is 23.6 Å². The lowest BCUT2D eigenvalue weighted by Crippen LogP contribution is -2.28. The Bertz CT molecular complexity index is 509. The van der Waals surface area contributed by atoms with Crippen LogP contribution in [-0.2, 0) is 0 Å². The minimum absolute atomic E-state index is 0.176. The van der Waals surface area contributed by atoms with E-state index in [0.717, 1.165) is 18.7 Å². The summed E-state index contributed by atoms with van der Waals surface area (Å²) in [7, 11) is 0. The molecule has 0 saturated heterocycles. The van der Waals surface area contributed by atoms with Crippen LogP contribution >= 0.6 is 11.3 Å². The fourth-order valence-electron chi connectivity index (χ4n) is 2.52. The number of hydrogen-bond acceptors (Lipinski definition) is 3. The van der Waals surface area contributed by atoms with Gasteiger partial charge in [0.2, 0.25) is 0 Å². The Morgan fingerprint density at radius 3 is 3.00 bits per heavy atom. The second-order valence-corrected chi connectivity index (χ2v) is 5.33. The van der Waals surface area contributed by atoms with E-state index in [-0.39, 0.29) is 6.10 Å². The lowest BCUT2D eigenvalue weighted by atomic mass is 9.94. The van der Waals surface area contributed by atoms with Gasteiger partial charge in [-0.2, -0.15) is 11.3 Å². The molecule has 0 saturated carbocycles. The third-order valence-corrected chi connectivity index (χ3v) is 4.08. The number of rotatable bonds is 3. The van der Waals surface area contributed by atoms with E-state index in [1.54, 1.807) is 11.3 Å². The van der Waals surface area contributed by atoms with Gasteiger partial charge in [0.05, 0.1) is 0 Å². The molecule has 18 heavy (non-hydrogen) atoms. The molecule has 2 heterocycles. The molecule has 2 nitrogen and oxygen atoms in total. The van der Waals surface area contributed by atoms with Crippen LogP contribution in [-0.4, -0.2) is 6.54 Å². The fraction of sp³-hybridized carbons (Fsp3) is 0.333. The molecule has 1 aliphatic rings. The fourth-order valence-corrected chi connectivity index (χ4v) is 3.22. The van der Waals surface area contributed by atoms with Crippen molar-refractivity contribution in [3.63, 3.8) is 0 Å². The van der Waals surface area contributed by atoms with Crippen molar-refractivity contribution in [2.75, 3.05) is 6.54 Å². The molecule has 2 aromatic rings. The number of hydrogen-bond donors (Lipinski definition) is 1. The first-order chi connectivity index (χ1) is 8.88. The number of ether oxygens (including phenoxy) is 1. The van der Waals surface area contributed by atoms with Crippen LogP contribution in [0.1, 0.15) is 36.6 Å². The van der Waals surface area contributed by atoms with Gasteiger partial charge in [-0.3, -0.25) is 0 Å². The molecule has 1 aliphatic heterocycles. The monoisotopic (exact) mass is 259 g/mol. The number of fused-ring (bicyclic) bond motifs is 1. The van der Waals surface area contributed by atoms with E-state index in [1.165, 1.54) is 11.1 Å². The summed E-state index contributed by atoms with van der Waals surface area (Å²) in [5, 5.41) is 7.85. The topological polar surface area (TPSA) is 21.3 Å². The molecule has 0 amide bonds. The lowest BCUT2D eigenvalue weighted by Gasteiger charge is -2.32. The van der Waals surface area contributed by atoms with Crippen molar-refractivity contribution in [3.05, 3.63) is 52.2 Å². The number of benzene rings is 1. The van der Waals surface area contributed by atoms with Crippen molar-refractivity contribution in [2.24, 2.45) is 0 Å². The van der Waals surface area contributed by atoms with E-state index in [1.807, 2.05) is 6.07 Å². The summed E-state index contributed by atoms with van der Waals surface area (Å²) in [6.07, 6.45) is 1.18. The van der Waals surface area contributed by atoms with Crippen LogP contribution in [0, 0.1) is 0 Å². The van der Waals surface area contributed by atoms with Crippen LogP contribution in [0.2, 0.25) is 0 Å². The van der Waals surface area contributed by atoms with Gasteiger partial charge in [-0.25, -0.2) is 0 Å². The Hall–Kier alpha value is -1.32. The lowest BCUT2D eigenvalue weighted by molar-refractivity contribution is 0.152. The smallest absolute Gasteiger partial charge is 0.126 e. The van der Waals surface area contributed by atoms with Gasteiger partial charge in [0.15, 0.2) is 0 Å². The first-order valence-corrected chi connectivity index (χ1v) is 7.34. The minimum atomic E-state index is 0.176. The first kappa shape index (κ1) is 11.8. The molecule has 0 aliphatic carbocycles. The summed E-state index contributed by atoms with van der Waals surface area (Å²) in [5.74, 6) is 1.02. The standard InChI is InChI=1S/C15H17NOS/c1-2-16-13-9-15(11-7-8-18-10-11)17-14-6-4-3-5-12(13)14/h3-8,10,13,15-16H,2,9H2,1H3. The summed E-state index contributed by atoms with van der Waals surface area (Å²) in [4.78, 5) is 0. The maximum absolute atomic E-state index is 6.12. The van der Waals surface area contributed by atoms with Gasteiger partial charge in [-0.05, 0) is 29.4 Å². The highest BCUT2D eigenvalue weighted by Crippen LogP contribution is 2.40. The van der Waals surface area contributed by atoms with Crippen molar-refractivity contribution in [1.82, 2.24) is 5.32 Å². The van der Waals surface area contributed by atoms with Gasteiger partial charge in [-0.15, -0.1) is 0 Å². The molecule has 1 aromatic carbocycles. The highest BCUT2D eigenvalue weighted by atomic mass is 32.1. The van der Waals surface area contributed by atoms with E-state index >= 15 is 0 Å². The Balaban J connectivity index is 1.92. The second kappa shape index (κ2) is 5.12. The number of nitrogens with one attached hydrogen (secondary N) is 1. The van der Waals surface area contributed by atoms with E-state index in [4.69, 9.17) is 4.74 Å². The largest absolute Gasteiger partial charge is 0.485 e. The van der Waals surface area contributed by atoms with Crippen molar-refractivity contribution in [2.45, 2.75) is 25.5 Å². The van der Waals surface area contributed by atoms with Gasteiger partial charge in [0.1, 0.15) is 11.9 Å². The maximum Gasteiger partial charge on any atom is 0.126 e. The predicted molar refractivity (Wildman–Crippen MR) is 75.2 cm³/mol. The van der Waals surface area contributed by atoms with E-state index in [9.17, 15) is 0 Å². The number of thiophene rings is 1. The molecular formula is C15H17NOS. The highest BCUT2D eigenvalue weighted by molar-refractivity contribution is 7.07. The first-order valence-electron chi connectivity index (χ1n) is 6.39. The minimum Gasteiger partial charge on any atom is -0.485 e. The SMILES string of the molecule is CCNC1CC(c2ccsc2)Oc2ccccc21. The molecule has 2 unspecified atom stereocenters. The summed E-state index contributed by atoms with van der Waals surface area (Å²) in [6, 6.07) is 10.9. The van der Waals surface area contributed by atoms with Crippen LogP contribution in [0.3, 0.4) is 0 Å². The van der Waals surface area contributed by atoms with Crippen LogP contribution in [0.5, 0.6) is 5.75 Å². The molecule has 0 spiro atoms. The average Bonchev–Trinajstić information content (AvgIpc) is 2.93. The van der Waals surface area contributed by atoms with Gasteiger partial charge >= 0.3 is 0 Å². The Labute approximate surface area is 112 Å². The van der Waals surface area contributed by atoms with E-state index in [2.05, 4.69) is 47.3 Å². The van der Waals surface area contributed by atoms with E-state index < -0.39 is 0 Å². The van der Waals surface area contributed by atoms with Crippen molar-refractivity contribution in [3.8, 4) is 5.75 Å². The third kappa shape index (κ3) is 2.16. The zero-order valence-corrected chi connectivity index (χ0v) is 11.2. The zero-order valence-electron chi connectivity index (χ0n) is 10.4. The van der Waals surface area contributed by atoms with Gasteiger partial charge in [0.25, 0.3) is 0 Å². The molecule has 1 aromatic heterocycles. The molecule has 0 radical (unpaired) electrons. The highest BCUT2D eigenvalue weighted by Gasteiger charge is 2.28. The predicted octanol–water partition coefficient (Wildman–Crippen LogP) is 3.92. The molecule has 3 rings (SSSR count). The van der Waals surface area contributed by atoms with Gasteiger partial charge < -0.3 is 10.1 Å². The van der Waals surface area contributed by atoms with Crippen molar-refractivity contribution in [1.29, 1.82) is 0 Å². The Morgan fingerprint density at radius 2 is 2.22 bits per heavy atom. The molecule has 0 bridgehead atoms. The average molecular weight is 259 g/mol. The van der Waals surface area contributed by atoms with Crippen LogP contribution in [0.15, 0.2) is 41.1 Å². The molecule has 94 valence electrons. The Morgan fingerprint density at radius 1 is 1.33 bits per heavy atom. The molecular weight excluding hydrogens is 242 g/mol. The Kier molecular flexibility index (Phi) is 3.35. The van der Waals surface area contributed by atoms with Crippen LogP contribution in [0.25, 0.3) is 0 Å². The van der Waals surface area contributed by atoms with Gasteiger partial charge in [-0.1, -0.05) is 25.1 Å². The molecule has 0 fully saturated rings. The summed E-state index contributed by atoms with van der Waals surface area (Å²) < 4.78 is 6.12. The van der Waals surface area contributed by atoms with Crippen molar-refractivity contribution < 1.29 is 4.74 Å². The normalized spacial score (nSPS) is 22.3. The summed E-state index contributed by atoms with van der Waals surface area (Å²) in [5.41, 5.74) is 2.57. The van der Waals surface area contributed by atoms with Crippen molar-refractivity contribution >= 4 is 11.3 Å².